The van der Waals surface area contributed by atoms with Crippen LogP contribution in [0, 0.1) is 0 Å². The minimum absolute atomic E-state index is 0.205. The molecule has 0 aliphatic carbocycles. The van der Waals surface area contributed by atoms with Crippen molar-refractivity contribution >= 4 is 11.1 Å². The highest BCUT2D eigenvalue weighted by atomic mass is 16.4. The van der Waals surface area contributed by atoms with Gasteiger partial charge >= 0.3 is 5.76 Å². The van der Waals surface area contributed by atoms with Crippen LogP contribution in [0.1, 0.15) is 12.0 Å². The van der Waals surface area contributed by atoms with E-state index in [0.29, 0.717) is 5.58 Å². The second kappa shape index (κ2) is 5.37. The lowest BCUT2D eigenvalue weighted by atomic mass is 10.2. The van der Waals surface area contributed by atoms with Crippen LogP contribution in [0.5, 0.6) is 0 Å². The van der Waals surface area contributed by atoms with E-state index in [-0.39, 0.29) is 12.4 Å². The molecule has 0 aliphatic rings. The Balaban J connectivity index is 2.17. The van der Waals surface area contributed by atoms with Crippen molar-refractivity contribution in [2.24, 2.45) is 7.05 Å². The van der Waals surface area contributed by atoms with E-state index in [4.69, 9.17) is 9.52 Å². The van der Waals surface area contributed by atoms with Gasteiger partial charge in [0.2, 0.25) is 0 Å². The third-order valence-corrected chi connectivity index (χ3v) is 3.01. The topological polar surface area (TPSA) is 58.6 Å². The molecule has 2 rings (SSSR count). The van der Waals surface area contributed by atoms with Gasteiger partial charge < -0.3 is 14.4 Å². The fraction of sp³-hybridized carbons (Fsp3) is 0.462. The first kappa shape index (κ1) is 12.9. The van der Waals surface area contributed by atoms with Crippen molar-refractivity contribution in [1.82, 2.24) is 9.47 Å². The molecule has 1 aromatic heterocycles. The van der Waals surface area contributed by atoms with E-state index < -0.39 is 0 Å². The van der Waals surface area contributed by atoms with Crippen LogP contribution in [0.25, 0.3) is 11.1 Å². The Bertz CT molecular complexity index is 585. The molecule has 0 saturated heterocycles. The van der Waals surface area contributed by atoms with Crippen molar-refractivity contribution < 1.29 is 9.52 Å². The van der Waals surface area contributed by atoms with Crippen molar-refractivity contribution in [3.63, 3.8) is 0 Å². The van der Waals surface area contributed by atoms with Gasteiger partial charge in [-0.25, -0.2) is 4.79 Å². The summed E-state index contributed by atoms with van der Waals surface area (Å²) in [5.74, 6) is -0.337. The predicted octanol–water partition coefficient (Wildman–Crippen LogP) is 0.946. The van der Waals surface area contributed by atoms with Gasteiger partial charge in [-0.15, -0.1) is 0 Å². The Kier molecular flexibility index (Phi) is 3.84. The van der Waals surface area contributed by atoms with Crippen LogP contribution in [-0.4, -0.2) is 34.8 Å². The van der Waals surface area contributed by atoms with E-state index in [9.17, 15) is 4.79 Å². The fourth-order valence-corrected chi connectivity index (χ4v) is 2.01. The van der Waals surface area contributed by atoms with E-state index in [1.807, 2.05) is 25.2 Å². The molecule has 0 bridgehead atoms. The van der Waals surface area contributed by atoms with Crippen LogP contribution in [0.4, 0.5) is 0 Å². The first-order chi connectivity index (χ1) is 8.61. The van der Waals surface area contributed by atoms with Gasteiger partial charge in [-0.1, -0.05) is 6.07 Å². The molecule has 5 heteroatoms. The lowest BCUT2D eigenvalue weighted by Crippen LogP contribution is -2.19. The third-order valence-electron chi connectivity index (χ3n) is 3.01. The molecular weight excluding hydrogens is 232 g/mol. The zero-order chi connectivity index (χ0) is 13.1. The molecule has 0 radical (unpaired) electrons. The second-order valence-corrected chi connectivity index (χ2v) is 4.54. The van der Waals surface area contributed by atoms with Gasteiger partial charge in [-0.2, -0.15) is 0 Å². The van der Waals surface area contributed by atoms with Crippen molar-refractivity contribution in [1.29, 1.82) is 0 Å². The molecule has 0 saturated carbocycles. The number of aromatic nitrogens is 1. The Morgan fingerprint density at radius 1 is 1.44 bits per heavy atom. The number of hydrogen-bond acceptors (Lipinski definition) is 4. The van der Waals surface area contributed by atoms with Gasteiger partial charge in [-0.05, 0) is 31.2 Å². The number of hydrogen-bond donors (Lipinski definition) is 1. The van der Waals surface area contributed by atoms with E-state index >= 15 is 0 Å². The van der Waals surface area contributed by atoms with E-state index in [0.717, 1.165) is 30.6 Å². The molecule has 98 valence electrons. The van der Waals surface area contributed by atoms with Crippen LogP contribution in [0.15, 0.2) is 27.4 Å². The molecule has 0 aliphatic heterocycles. The average Bonchev–Trinajstić information content (AvgIpc) is 2.62. The van der Waals surface area contributed by atoms with Crippen LogP contribution in [-0.2, 0) is 13.6 Å². The summed E-state index contributed by atoms with van der Waals surface area (Å²) >= 11 is 0. The second-order valence-electron chi connectivity index (χ2n) is 4.54. The van der Waals surface area contributed by atoms with Gasteiger partial charge in [0.1, 0.15) is 0 Å². The van der Waals surface area contributed by atoms with E-state index in [1.165, 1.54) is 4.57 Å². The normalized spacial score (nSPS) is 11.6. The molecule has 0 unspecified atom stereocenters. The molecule has 5 nitrogen and oxygen atoms in total. The zero-order valence-electron chi connectivity index (χ0n) is 10.7. The monoisotopic (exact) mass is 250 g/mol. The number of rotatable bonds is 5. The predicted molar refractivity (Wildman–Crippen MR) is 69.5 cm³/mol. The first-order valence-corrected chi connectivity index (χ1v) is 5.99. The zero-order valence-corrected chi connectivity index (χ0v) is 10.7. The summed E-state index contributed by atoms with van der Waals surface area (Å²) in [4.78, 5) is 13.5. The Morgan fingerprint density at radius 3 is 2.94 bits per heavy atom. The summed E-state index contributed by atoms with van der Waals surface area (Å²) < 4.78 is 6.65. The number of aryl methyl sites for hydroxylation is 1. The largest absolute Gasteiger partial charge is 0.419 e. The Morgan fingerprint density at radius 2 is 2.22 bits per heavy atom. The van der Waals surface area contributed by atoms with E-state index in [2.05, 4.69) is 4.90 Å². The highest BCUT2D eigenvalue weighted by molar-refractivity contribution is 5.73. The minimum Gasteiger partial charge on any atom is -0.408 e. The summed E-state index contributed by atoms with van der Waals surface area (Å²) in [6.07, 6.45) is 0.763. The van der Waals surface area contributed by atoms with Crippen molar-refractivity contribution in [3.8, 4) is 0 Å². The summed E-state index contributed by atoms with van der Waals surface area (Å²) in [5.41, 5.74) is 2.52. The van der Waals surface area contributed by atoms with Gasteiger partial charge in [0.15, 0.2) is 5.58 Å². The molecule has 1 N–H and O–H groups in total. The van der Waals surface area contributed by atoms with Gasteiger partial charge in [0.05, 0.1) is 5.52 Å². The summed E-state index contributed by atoms with van der Waals surface area (Å²) in [6.45, 7) is 1.82. The van der Waals surface area contributed by atoms with Gasteiger partial charge in [0.25, 0.3) is 0 Å². The molecule has 0 spiro atoms. The maximum absolute atomic E-state index is 11.4. The lowest BCUT2D eigenvalue weighted by molar-refractivity contribution is 0.244. The molecule has 1 heterocycles. The Hall–Kier alpha value is -1.59. The van der Waals surface area contributed by atoms with Crippen LogP contribution >= 0.6 is 0 Å². The standard InChI is InChI=1S/C13H18N2O3/c1-14(6-3-7-16)9-10-4-5-11-12(8-10)18-13(17)15(11)2/h4-5,8,16H,3,6-7,9H2,1-2H3. The number of fused-ring (bicyclic) bond motifs is 1. The summed E-state index contributed by atoms with van der Waals surface area (Å²) in [7, 11) is 3.70. The molecule has 1 aromatic carbocycles. The van der Waals surface area contributed by atoms with Crippen LogP contribution in [0.2, 0.25) is 0 Å². The molecular formula is C13H18N2O3. The van der Waals surface area contributed by atoms with Crippen LogP contribution < -0.4 is 5.76 Å². The van der Waals surface area contributed by atoms with E-state index in [1.54, 1.807) is 7.05 Å². The first-order valence-electron chi connectivity index (χ1n) is 5.99. The van der Waals surface area contributed by atoms with Crippen LogP contribution in [0.3, 0.4) is 0 Å². The highest BCUT2D eigenvalue weighted by Gasteiger charge is 2.07. The smallest absolute Gasteiger partial charge is 0.408 e. The quantitative estimate of drug-likeness (QED) is 0.858. The molecule has 0 atom stereocenters. The van der Waals surface area contributed by atoms with Gasteiger partial charge in [0, 0.05) is 26.7 Å². The number of nitrogens with zero attached hydrogens (tertiary/aromatic N) is 2. The average molecular weight is 250 g/mol. The van der Waals surface area contributed by atoms with Crippen molar-refractivity contribution in [3.05, 3.63) is 34.3 Å². The minimum atomic E-state index is -0.337. The summed E-state index contributed by atoms with van der Waals surface area (Å²) in [5, 5.41) is 8.78. The number of aliphatic hydroxyl groups excluding tert-OH is 1. The third kappa shape index (κ3) is 2.63. The fourth-order valence-electron chi connectivity index (χ4n) is 2.01. The number of aliphatic hydroxyl groups is 1. The van der Waals surface area contributed by atoms with Crippen molar-refractivity contribution in [2.45, 2.75) is 13.0 Å². The Labute approximate surface area is 105 Å². The lowest BCUT2D eigenvalue weighted by Gasteiger charge is -2.15. The SMILES string of the molecule is CN(CCCO)Cc1ccc2c(c1)oc(=O)n2C. The number of benzene rings is 1. The molecule has 2 aromatic rings. The maximum Gasteiger partial charge on any atom is 0.419 e. The summed E-state index contributed by atoms with van der Waals surface area (Å²) in [6, 6.07) is 5.79. The maximum atomic E-state index is 11.4. The molecule has 0 amide bonds. The van der Waals surface area contributed by atoms with Crippen molar-refractivity contribution in [2.75, 3.05) is 20.2 Å². The highest BCUT2D eigenvalue weighted by Crippen LogP contribution is 2.15. The molecule has 18 heavy (non-hydrogen) atoms. The number of oxazole rings is 1. The molecule has 0 fully saturated rings. The van der Waals surface area contributed by atoms with Gasteiger partial charge in [-0.3, -0.25) is 4.57 Å².